The highest BCUT2D eigenvalue weighted by molar-refractivity contribution is 5.74. The number of benzene rings is 1. The number of hydrogen-bond acceptors (Lipinski definition) is 3. The lowest BCUT2D eigenvalue weighted by molar-refractivity contribution is -0.0978. The van der Waals surface area contributed by atoms with Crippen molar-refractivity contribution in [2.75, 3.05) is 44.8 Å². The van der Waals surface area contributed by atoms with Gasteiger partial charge >= 0.3 is 6.03 Å². The molecule has 2 aliphatic rings. The zero-order chi connectivity index (χ0) is 16.3. The second kappa shape index (κ2) is 6.79. The van der Waals surface area contributed by atoms with E-state index in [0.717, 1.165) is 39.1 Å². The molecule has 0 aromatic heterocycles. The minimum Gasteiger partial charge on any atom is -0.380 e. The number of ether oxygens (including phenoxy) is 1. The number of carbonyl (C=O) groups excluding carboxylic acids is 1. The second-order valence-electron chi connectivity index (χ2n) is 7.13. The summed E-state index contributed by atoms with van der Waals surface area (Å²) >= 11 is 0. The minimum absolute atomic E-state index is 0.0685. The van der Waals surface area contributed by atoms with Crippen LogP contribution in [0.3, 0.4) is 0 Å². The molecule has 3 rings (SSSR count). The third-order valence-corrected chi connectivity index (χ3v) is 5.03. The van der Waals surface area contributed by atoms with Gasteiger partial charge in [-0.2, -0.15) is 0 Å². The molecule has 0 bridgehead atoms. The Morgan fingerprint density at radius 2 is 1.96 bits per heavy atom. The summed E-state index contributed by atoms with van der Waals surface area (Å²) in [5.74, 6) is 0. The van der Waals surface area contributed by atoms with Gasteiger partial charge in [-0.15, -0.1) is 0 Å². The molecule has 2 saturated heterocycles. The van der Waals surface area contributed by atoms with Crippen LogP contribution in [-0.4, -0.2) is 56.9 Å². The number of rotatable bonds is 4. The number of hydrogen-bond donors (Lipinski definition) is 1. The molecule has 1 aromatic rings. The van der Waals surface area contributed by atoms with Crippen molar-refractivity contribution in [3.63, 3.8) is 0 Å². The van der Waals surface area contributed by atoms with Gasteiger partial charge < -0.3 is 19.9 Å². The first kappa shape index (κ1) is 16.1. The van der Waals surface area contributed by atoms with Crippen molar-refractivity contribution in [1.29, 1.82) is 0 Å². The minimum atomic E-state index is 0.0685. The van der Waals surface area contributed by atoms with Gasteiger partial charge in [0.25, 0.3) is 0 Å². The van der Waals surface area contributed by atoms with Crippen LogP contribution in [0.15, 0.2) is 30.3 Å². The molecule has 0 spiro atoms. The van der Waals surface area contributed by atoms with Crippen LogP contribution in [0.25, 0.3) is 0 Å². The average Bonchev–Trinajstić information content (AvgIpc) is 2.58. The third kappa shape index (κ3) is 3.78. The van der Waals surface area contributed by atoms with Crippen molar-refractivity contribution in [3.05, 3.63) is 30.3 Å². The Balaban J connectivity index is 1.45. The zero-order valence-corrected chi connectivity index (χ0v) is 14.1. The van der Waals surface area contributed by atoms with Gasteiger partial charge in [-0.1, -0.05) is 25.1 Å². The number of amides is 2. The van der Waals surface area contributed by atoms with Crippen molar-refractivity contribution in [2.45, 2.75) is 25.8 Å². The first-order chi connectivity index (χ1) is 11.1. The van der Waals surface area contributed by atoms with Gasteiger partial charge in [0.2, 0.25) is 0 Å². The van der Waals surface area contributed by atoms with Crippen molar-refractivity contribution in [1.82, 2.24) is 10.2 Å². The Morgan fingerprint density at radius 1 is 1.30 bits per heavy atom. The van der Waals surface area contributed by atoms with Gasteiger partial charge in [0.1, 0.15) is 0 Å². The van der Waals surface area contributed by atoms with Gasteiger partial charge in [-0.3, -0.25) is 0 Å². The highest BCUT2D eigenvalue weighted by Gasteiger charge is 2.34. The maximum Gasteiger partial charge on any atom is 0.317 e. The van der Waals surface area contributed by atoms with E-state index in [0.29, 0.717) is 12.6 Å². The Labute approximate surface area is 138 Å². The smallest absolute Gasteiger partial charge is 0.317 e. The van der Waals surface area contributed by atoms with Gasteiger partial charge in [0.15, 0.2) is 0 Å². The van der Waals surface area contributed by atoms with Gasteiger partial charge in [-0.25, -0.2) is 4.79 Å². The molecule has 126 valence electrons. The van der Waals surface area contributed by atoms with Crippen LogP contribution >= 0.6 is 0 Å². The predicted octanol–water partition coefficient (Wildman–Crippen LogP) is 2.33. The summed E-state index contributed by atoms with van der Waals surface area (Å²) in [5, 5.41) is 3.06. The Morgan fingerprint density at radius 3 is 2.52 bits per heavy atom. The molecule has 2 amide bonds. The zero-order valence-electron chi connectivity index (χ0n) is 14.1. The average molecular weight is 317 g/mol. The van der Waals surface area contributed by atoms with Crippen LogP contribution in [0.1, 0.15) is 19.8 Å². The van der Waals surface area contributed by atoms with Crippen molar-refractivity contribution in [3.8, 4) is 0 Å². The molecule has 2 fully saturated rings. The SMILES string of the molecule is CN(c1ccccc1)C1CCN(C(=O)NCC2(C)COC2)CC1. The molecule has 0 atom stereocenters. The summed E-state index contributed by atoms with van der Waals surface area (Å²) in [4.78, 5) is 16.6. The molecule has 1 N–H and O–H groups in total. The number of nitrogens with zero attached hydrogens (tertiary/aromatic N) is 2. The van der Waals surface area contributed by atoms with Crippen LogP contribution in [0.5, 0.6) is 0 Å². The van der Waals surface area contributed by atoms with E-state index < -0.39 is 0 Å². The van der Waals surface area contributed by atoms with Crippen LogP contribution in [0.2, 0.25) is 0 Å². The lowest BCUT2D eigenvalue weighted by Gasteiger charge is -2.40. The summed E-state index contributed by atoms with van der Waals surface area (Å²) in [6.07, 6.45) is 2.03. The summed E-state index contributed by atoms with van der Waals surface area (Å²) in [5.41, 5.74) is 1.37. The van der Waals surface area contributed by atoms with Gasteiger partial charge in [0.05, 0.1) is 13.2 Å². The molecule has 5 heteroatoms. The molecule has 0 saturated carbocycles. The molecular formula is C18H27N3O2. The maximum absolute atomic E-state index is 12.3. The molecule has 0 radical (unpaired) electrons. The van der Waals surface area contributed by atoms with Crippen LogP contribution < -0.4 is 10.2 Å². The molecule has 0 unspecified atom stereocenters. The highest BCUT2D eigenvalue weighted by Crippen LogP contribution is 2.25. The number of para-hydroxylation sites is 1. The fourth-order valence-corrected chi connectivity index (χ4v) is 3.28. The summed E-state index contributed by atoms with van der Waals surface area (Å²) in [6.45, 7) is 5.99. The Kier molecular flexibility index (Phi) is 4.76. The van der Waals surface area contributed by atoms with E-state index in [-0.39, 0.29) is 11.4 Å². The lowest BCUT2D eigenvalue weighted by atomic mass is 9.89. The topological polar surface area (TPSA) is 44.8 Å². The summed E-state index contributed by atoms with van der Waals surface area (Å²) < 4.78 is 5.23. The van der Waals surface area contributed by atoms with E-state index in [9.17, 15) is 4.79 Å². The van der Waals surface area contributed by atoms with Crippen molar-refractivity contribution in [2.24, 2.45) is 5.41 Å². The number of anilines is 1. The molecule has 1 aromatic carbocycles. The number of carbonyl (C=O) groups is 1. The van der Waals surface area contributed by atoms with Gasteiger partial charge in [-0.05, 0) is 25.0 Å². The molecule has 0 aliphatic carbocycles. The van der Waals surface area contributed by atoms with E-state index in [2.05, 4.69) is 48.5 Å². The van der Waals surface area contributed by atoms with Gasteiger partial charge in [0, 0.05) is 43.8 Å². The van der Waals surface area contributed by atoms with Crippen LogP contribution in [0, 0.1) is 5.41 Å². The van der Waals surface area contributed by atoms with E-state index in [1.165, 1.54) is 5.69 Å². The second-order valence-corrected chi connectivity index (χ2v) is 7.13. The van der Waals surface area contributed by atoms with E-state index in [4.69, 9.17) is 4.74 Å². The van der Waals surface area contributed by atoms with E-state index in [1.807, 2.05) is 11.0 Å². The molecule has 2 heterocycles. The number of urea groups is 1. The van der Waals surface area contributed by atoms with Crippen LogP contribution in [-0.2, 0) is 4.74 Å². The molecule has 23 heavy (non-hydrogen) atoms. The van der Waals surface area contributed by atoms with Crippen molar-refractivity contribution >= 4 is 11.7 Å². The number of likely N-dealkylation sites (tertiary alicyclic amines) is 1. The fraction of sp³-hybridized carbons (Fsp3) is 0.611. The van der Waals surface area contributed by atoms with E-state index >= 15 is 0 Å². The number of nitrogens with one attached hydrogen (secondary N) is 1. The van der Waals surface area contributed by atoms with Crippen LogP contribution in [0.4, 0.5) is 10.5 Å². The molecule has 5 nitrogen and oxygen atoms in total. The third-order valence-electron chi connectivity index (χ3n) is 5.03. The normalized spacial score (nSPS) is 20.7. The lowest BCUT2D eigenvalue weighted by Crippen LogP contribution is -2.53. The predicted molar refractivity (Wildman–Crippen MR) is 91.8 cm³/mol. The number of piperidine rings is 1. The highest BCUT2D eigenvalue weighted by atomic mass is 16.5. The molecule has 2 aliphatic heterocycles. The largest absolute Gasteiger partial charge is 0.380 e. The maximum atomic E-state index is 12.3. The Bertz CT molecular complexity index is 522. The first-order valence-corrected chi connectivity index (χ1v) is 8.46. The standard InChI is InChI=1S/C18H27N3O2/c1-18(13-23-14-18)12-19-17(22)21-10-8-16(9-11-21)20(2)15-6-4-3-5-7-15/h3-7,16H,8-14H2,1-2H3,(H,19,22). The summed E-state index contributed by atoms with van der Waals surface area (Å²) in [7, 11) is 2.15. The fourth-order valence-electron chi connectivity index (χ4n) is 3.28. The Hall–Kier alpha value is -1.75. The van der Waals surface area contributed by atoms with E-state index in [1.54, 1.807) is 0 Å². The van der Waals surface area contributed by atoms with Crippen molar-refractivity contribution < 1.29 is 9.53 Å². The quantitative estimate of drug-likeness (QED) is 0.927. The summed E-state index contributed by atoms with van der Waals surface area (Å²) in [6, 6.07) is 11.0. The first-order valence-electron chi connectivity index (χ1n) is 8.46. The monoisotopic (exact) mass is 317 g/mol. The molecular weight excluding hydrogens is 290 g/mol.